The third-order valence-corrected chi connectivity index (χ3v) is 4.65. The number of carboxylic acids is 1. The van der Waals surface area contributed by atoms with E-state index < -0.39 is 11.5 Å². The zero-order chi connectivity index (χ0) is 16.6. The van der Waals surface area contributed by atoms with Gasteiger partial charge in [0.1, 0.15) is 5.75 Å². The summed E-state index contributed by atoms with van der Waals surface area (Å²) in [5.74, 6) is -0.0656. The van der Waals surface area contributed by atoms with E-state index in [0.29, 0.717) is 12.8 Å². The van der Waals surface area contributed by atoms with E-state index in [1.165, 1.54) is 11.8 Å². The molecule has 22 heavy (non-hydrogen) atoms. The average molecular weight is 325 g/mol. The van der Waals surface area contributed by atoms with E-state index in [2.05, 4.69) is 5.32 Å². The summed E-state index contributed by atoms with van der Waals surface area (Å²) in [6, 6.07) is 7.48. The molecule has 0 aromatic heterocycles. The van der Waals surface area contributed by atoms with Crippen LogP contribution in [0.4, 0.5) is 0 Å². The van der Waals surface area contributed by atoms with Crippen molar-refractivity contribution >= 4 is 23.6 Å². The van der Waals surface area contributed by atoms with Crippen LogP contribution in [0.1, 0.15) is 33.1 Å². The maximum atomic E-state index is 12.1. The van der Waals surface area contributed by atoms with Crippen LogP contribution in [-0.4, -0.2) is 35.4 Å². The SMILES string of the molecule is CCC(CC)(CC(=O)O)NC(=O)CSc1cccc(OC)c1. The minimum absolute atomic E-state index is 0.0600. The van der Waals surface area contributed by atoms with E-state index >= 15 is 0 Å². The first-order chi connectivity index (χ1) is 10.4. The van der Waals surface area contributed by atoms with Gasteiger partial charge in [-0.1, -0.05) is 19.9 Å². The van der Waals surface area contributed by atoms with E-state index in [-0.39, 0.29) is 18.1 Å². The van der Waals surface area contributed by atoms with Gasteiger partial charge < -0.3 is 15.2 Å². The molecule has 0 unspecified atom stereocenters. The number of carbonyl (C=O) groups excluding carboxylic acids is 1. The fourth-order valence-corrected chi connectivity index (χ4v) is 2.93. The van der Waals surface area contributed by atoms with Gasteiger partial charge in [-0.05, 0) is 31.0 Å². The van der Waals surface area contributed by atoms with Crippen LogP contribution in [0.5, 0.6) is 5.75 Å². The van der Waals surface area contributed by atoms with Gasteiger partial charge in [0.05, 0.1) is 19.3 Å². The van der Waals surface area contributed by atoms with Crippen molar-refractivity contribution in [3.63, 3.8) is 0 Å². The molecule has 5 nitrogen and oxygen atoms in total. The second-order valence-corrected chi connectivity index (χ2v) is 6.12. The number of carbonyl (C=O) groups is 2. The van der Waals surface area contributed by atoms with Gasteiger partial charge in [-0.15, -0.1) is 11.8 Å². The Balaban J connectivity index is 2.61. The van der Waals surface area contributed by atoms with Gasteiger partial charge in [-0.2, -0.15) is 0 Å². The lowest BCUT2D eigenvalue weighted by Gasteiger charge is -2.31. The standard InChI is InChI=1S/C16H23NO4S/c1-4-16(5-2,10-15(19)20)17-14(18)11-22-13-8-6-7-12(9-13)21-3/h6-9H,4-5,10-11H2,1-3H3,(H,17,18)(H,19,20). The van der Waals surface area contributed by atoms with Crippen LogP contribution in [-0.2, 0) is 9.59 Å². The van der Waals surface area contributed by atoms with Crippen LogP contribution < -0.4 is 10.1 Å². The smallest absolute Gasteiger partial charge is 0.305 e. The van der Waals surface area contributed by atoms with Crippen LogP contribution in [0.2, 0.25) is 0 Å². The van der Waals surface area contributed by atoms with Crippen molar-refractivity contribution in [2.24, 2.45) is 0 Å². The molecule has 0 aliphatic carbocycles. The lowest BCUT2D eigenvalue weighted by atomic mass is 9.89. The Morgan fingerprint density at radius 1 is 1.32 bits per heavy atom. The maximum absolute atomic E-state index is 12.1. The Kier molecular flexibility index (Phi) is 7.24. The normalized spacial score (nSPS) is 11.0. The lowest BCUT2D eigenvalue weighted by Crippen LogP contribution is -2.49. The Hall–Kier alpha value is -1.69. The molecule has 0 atom stereocenters. The molecule has 1 aromatic carbocycles. The molecular weight excluding hydrogens is 302 g/mol. The number of rotatable bonds is 9. The summed E-state index contributed by atoms with van der Waals surface area (Å²) in [6.07, 6.45) is 1.12. The van der Waals surface area contributed by atoms with E-state index in [0.717, 1.165) is 10.6 Å². The first kappa shape index (κ1) is 18.4. The summed E-state index contributed by atoms with van der Waals surface area (Å²) >= 11 is 1.40. The van der Waals surface area contributed by atoms with E-state index in [1.54, 1.807) is 7.11 Å². The Labute approximate surface area is 135 Å². The predicted octanol–water partition coefficient (Wildman–Crippen LogP) is 2.94. The Morgan fingerprint density at radius 2 is 2.00 bits per heavy atom. The van der Waals surface area contributed by atoms with Gasteiger partial charge in [-0.25, -0.2) is 0 Å². The fraction of sp³-hybridized carbons (Fsp3) is 0.500. The van der Waals surface area contributed by atoms with E-state index in [9.17, 15) is 9.59 Å². The highest BCUT2D eigenvalue weighted by Gasteiger charge is 2.30. The first-order valence-corrected chi connectivity index (χ1v) is 8.23. The number of ether oxygens (including phenoxy) is 1. The molecule has 2 N–H and O–H groups in total. The zero-order valence-electron chi connectivity index (χ0n) is 13.2. The van der Waals surface area contributed by atoms with Crippen molar-refractivity contribution in [2.75, 3.05) is 12.9 Å². The number of carboxylic acid groups (broad SMARTS) is 1. The largest absolute Gasteiger partial charge is 0.497 e. The van der Waals surface area contributed by atoms with Gasteiger partial charge >= 0.3 is 5.97 Å². The molecule has 1 amide bonds. The summed E-state index contributed by atoms with van der Waals surface area (Å²) < 4.78 is 5.14. The van der Waals surface area contributed by atoms with Crippen molar-refractivity contribution in [1.29, 1.82) is 0 Å². The molecule has 0 saturated heterocycles. The summed E-state index contributed by atoms with van der Waals surface area (Å²) in [5.41, 5.74) is -0.669. The summed E-state index contributed by atoms with van der Waals surface area (Å²) in [5, 5.41) is 11.9. The minimum atomic E-state index is -0.899. The predicted molar refractivity (Wildman–Crippen MR) is 87.4 cm³/mol. The second kappa shape index (κ2) is 8.68. The number of thioether (sulfide) groups is 1. The molecule has 0 radical (unpaired) electrons. The molecule has 6 heteroatoms. The summed E-state index contributed by atoms with van der Waals surface area (Å²) in [7, 11) is 1.60. The van der Waals surface area contributed by atoms with Crippen molar-refractivity contribution in [3.05, 3.63) is 24.3 Å². The van der Waals surface area contributed by atoms with Gasteiger partial charge in [0, 0.05) is 10.4 Å². The molecule has 0 heterocycles. The molecule has 0 fully saturated rings. The van der Waals surface area contributed by atoms with Crippen LogP contribution in [0.25, 0.3) is 0 Å². The molecule has 0 aliphatic heterocycles. The summed E-state index contributed by atoms with van der Waals surface area (Å²) in [4.78, 5) is 24.1. The van der Waals surface area contributed by atoms with Crippen LogP contribution in [0.3, 0.4) is 0 Å². The Morgan fingerprint density at radius 3 is 2.55 bits per heavy atom. The topological polar surface area (TPSA) is 75.6 Å². The maximum Gasteiger partial charge on any atom is 0.305 e. The molecule has 0 spiro atoms. The molecule has 122 valence electrons. The second-order valence-electron chi connectivity index (χ2n) is 5.07. The van der Waals surface area contributed by atoms with Crippen molar-refractivity contribution in [3.8, 4) is 5.75 Å². The van der Waals surface area contributed by atoms with Crippen molar-refractivity contribution in [2.45, 2.75) is 43.5 Å². The highest BCUT2D eigenvalue weighted by atomic mass is 32.2. The van der Waals surface area contributed by atoms with Gasteiger partial charge in [-0.3, -0.25) is 9.59 Å². The molecule has 1 rings (SSSR count). The molecule has 0 bridgehead atoms. The van der Waals surface area contributed by atoms with Crippen LogP contribution in [0.15, 0.2) is 29.2 Å². The van der Waals surface area contributed by atoms with Crippen molar-refractivity contribution in [1.82, 2.24) is 5.32 Å². The van der Waals surface area contributed by atoms with E-state index in [4.69, 9.17) is 9.84 Å². The third kappa shape index (κ3) is 5.60. The highest BCUT2D eigenvalue weighted by Crippen LogP contribution is 2.24. The number of methoxy groups -OCH3 is 1. The van der Waals surface area contributed by atoms with Crippen molar-refractivity contribution < 1.29 is 19.4 Å². The lowest BCUT2D eigenvalue weighted by molar-refractivity contribution is -0.139. The first-order valence-electron chi connectivity index (χ1n) is 7.24. The summed E-state index contributed by atoms with van der Waals surface area (Å²) in [6.45, 7) is 3.78. The monoisotopic (exact) mass is 325 g/mol. The minimum Gasteiger partial charge on any atom is -0.497 e. The highest BCUT2D eigenvalue weighted by molar-refractivity contribution is 8.00. The quantitative estimate of drug-likeness (QED) is 0.683. The van der Waals surface area contributed by atoms with Gasteiger partial charge in [0.2, 0.25) is 5.91 Å². The number of amides is 1. The number of hydrogen-bond acceptors (Lipinski definition) is 4. The number of benzene rings is 1. The molecular formula is C16H23NO4S. The zero-order valence-corrected chi connectivity index (χ0v) is 14.0. The fourth-order valence-electron chi connectivity index (χ4n) is 2.18. The molecule has 0 saturated carbocycles. The van der Waals surface area contributed by atoms with E-state index in [1.807, 2.05) is 38.1 Å². The van der Waals surface area contributed by atoms with Crippen LogP contribution in [0, 0.1) is 0 Å². The number of hydrogen-bond donors (Lipinski definition) is 2. The molecule has 0 aliphatic rings. The molecule has 1 aromatic rings. The number of nitrogens with one attached hydrogen (secondary N) is 1. The van der Waals surface area contributed by atoms with Gasteiger partial charge in [0.15, 0.2) is 0 Å². The van der Waals surface area contributed by atoms with Gasteiger partial charge in [0.25, 0.3) is 0 Å². The third-order valence-electron chi connectivity index (χ3n) is 3.66. The Bertz CT molecular complexity index is 515. The van der Waals surface area contributed by atoms with Crippen LogP contribution >= 0.6 is 11.8 Å². The average Bonchev–Trinajstić information content (AvgIpc) is 2.52. The number of aliphatic carboxylic acids is 1.